The Balaban J connectivity index is 2.28. The van der Waals surface area contributed by atoms with Crippen molar-refractivity contribution in [3.05, 3.63) is 59.7 Å². The number of hydrogen-bond acceptors (Lipinski definition) is 4. The molecule has 2 aromatic carbocycles. The largest absolute Gasteiger partial charge is 0.497 e. The number of amides is 1. The molecule has 0 bridgehead atoms. The third-order valence-corrected chi connectivity index (χ3v) is 6.04. The molecule has 0 saturated heterocycles. The Kier molecular flexibility index (Phi) is 7.60. The molecule has 0 radical (unpaired) electrons. The van der Waals surface area contributed by atoms with Gasteiger partial charge in [0.05, 0.1) is 18.0 Å². The number of aryl methyl sites for hydroxylation is 1. The van der Waals surface area contributed by atoms with E-state index in [1.807, 2.05) is 20.8 Å². The summed E-state index contributed by atoms with van der Waals surface area (Å²) < 4.78 is 33.5. The zero-order valence-corrected chi connectivity index (χ0v) is 17.5. The van der Waals surface area contributed by atoms with Gasteiger partial charge in [0.1, 0.15) is 5.75 Å². The summed E-state index contributed by atoms with van der Waals surface area (Å²) >= 11 is 0. The Morgan fingerprint density at radius 3 is 2.21 bits per heavy atom. The number of benzene rings is 2. The van der Waals surface area contributed by atoms with Gasteiger partial charge in [0.25, 0.3) is 0 Å². The minimum atomic E-state index is -3.78. The van der Waals surface area contributed by atoms with E-state index < -0.39 is 16.1 Å². The van der Waals surface area contributed by atoms with Crippen molar-refractivity contribution in [1.29, 1.82) is 0 Å². The Hall–Kier alpha value is -2.38. The number of hydrogen-bond donors (Lipinski definition) is 2. The maximum Gasteiger partial charge on any atom is 0.241 e. The SMILES string of the molecule is CC[C@H](C)NC(=O)C[C@@H](NS(=O)(=O)c1ccc(C)cc1)c1ccc(OC)cc1. The van der Waals surface area contributed by atoms with E-state index in [1.165, 1.54) is 0 Å². The molecule has 0 aromatic heterocycles. The minimum Gasteiger partial charge on any atom is -0.497 e. The highest BCUT2D eigenvalue weighted by atomic mass is 32.2. The molecule has 0 spiro atoms. The number of nitrogens with one attached hydrogen (secondary N) is 2. The first-order valence-electron chi connectivity index (χ1n) is 9.27. The van der Waals surface area contributed by atoms with Crippen LogP contribution in [-0.2, 0) is 14.8 Å². The van der Waals surface area contributed by atoms with Crippen LogP contribution < -0.4 is 14.8 Å². The summed E-state index contributed by atoms with van der Waals surface area (Å²) in [6.07, 6.45) is 0.801. The van der Waals surface area contributed by atoms with Crippen LogP contribution in [0.5, 0.6) is 5.75 Å². The molecule has 0 heterocycles. The third kappa shape index (κ3) is 6.07. The van der Waals surface area contributed by atoms with E-state index in [4.69, 9.17) is 4.74 Å². The first kappa shape index (κ1) is 21.9. The predicted octanol–water partition coefficient (Wildman–Crippen LogP) is 3.33. The molecule has 2 atom stereocenters. The zero-order chi connectivity index (χ0) is 20.7. The van der Waals surface area contributed by atoms with Crippen LogP contribution in [0, 0.1) is 6.92 Å². The van der Waals surface area contributed by atoms with Crippen LogP contribution in [0.2, 0.25) is 0 Å². The summed E-state index contributed by atoms with van der Waals surface area (Å²) in [6, 6.07) is 12.9. The van der Waals surface area contributed by atoms with E-state index in [0.29, 0.717) is 11.3 Å². The summed E-state index contributed by atoms with van der Waals surface area (Å²) in [5.41, 5.74) is 1.66. The standard InChI is InChI=1S/C21H28N2O4S/c1-5-16(3)22-21(24)14-20(17-8-10-18(27-4)11-9-17)23-28(25,26)19-12-6-15(2)7-13-19/h6-13,16,20,23H,5,14H2,1-4H3,(H,22,24)/t16-,20+/m0/s1. The second-order valence-corrected chi connectivity index (χ2v) is 8.56. The summed E-state index contributed by atoms with van der Waals surface area (Å²) in [7, 11) is -2.22. The van der Waals surface area contributed by atoms with E-state index in [-0.39, 0.29) is 23.3 Å². The highest BCUT2D eigenvalue weighted by molar-refractivity contribution is 7.89. The molecule has 6 nitrogen and oxygen atoms in total. The molecule has 2 aromatic rings. The number of carbonyl (C=O) groups excluding carboxylic acids is 1. The molecule has 2 N–H and O–H groups in total. The molecule has 0 fully saturated rings. The second kappa shape index (κ2) is 9.71. The number of methoxy groups -OCH3 is 1. The van der Waals surface area contributed by atoms with Gasteiger partial charge in [0.15, 0.2) is 0 Å². The first-order chi connectivity index (χ1) is 13.2. The molecule has 1 amide bonds. The summed E-state index contributed by atoms with van der Waals surface area (Å²) in [6.45, 7) is 5.78. The van der Waals surface area contributed by atoms with Gasteiger partial charge in [-0.05, 0) is 50.1 Å². The summed E-state index contributed by atoms with van der Waals surface area (Å²) in [5, 5.41) is 2.89. The fourth-order valence-electron chi connectivity index (χ4n) is 2.66. The molecular formula is C21H28N2O4S. The fraction of sp³-hybridized carbons (Fsp3) is 0.381. The average Bonchev–Trinajstić information content (AvgIpc) is 2.67. The van der Waals surface area contributed by atoms with Gasteiger partial charge in [-0.1, -0.05) is 36.8 Å². The van der Waals surface area contributed by atoms with Gasteiger partial charge in [-0.2, -0.15) is 0 Å². The highest BCUT2D eigenvalue weighted by Crippen LogP contribution is 2.23. The van der Waals surface area contributed by atoms with E-state index in [1.54, 1.807) is 55.6 Å². The van der Waals surface area contributed by atoms with Crippen molar-refractivity contribution in [2.24, 2.45) is 0 Å². The van der Waals surface area contributed by atoms with E-state index in [2.05, 4.69) is 10.0 Å². The van der Waals surface area contributed by atoms with Crippen molar-refractivity contribution in [3.63, 3.8) is 0 Å². The van der Waals surface area contributed by atoms with E-state index in [0.717, 1.165) is 12.0 Å². The third-order valence-electron chi connectivity index (χ3n) is 4.56. The topological polar surface area (TPSA) is 84.5 Å². The number of rotatable bonds is 9. The Morgan fingerprint density at radius 1 is 1.07 bits per heavy atom. The minimum absolute atomic E-state index is 0.00175. The van der Waals surface area contributed by atoms with Crippen molar-refractivity contribution in [3.8, 4) is 5.75 Å². The van der Waals surface area contributed by atoms with Gasteiger partial charge in [0, 0.05) is 12.5 Å². The normalized spacial score (nSPS) is 13.6. The smallest absolute Gasteiger partial charge is 0.241 e. The van der Waals surface area contributed by atoms with Crippen molar-refractivity contribution >= 4 is 15.9 Å². The van der Waals surface area contributed by atoms with Crippen molar-refractivity contribution in [2.45, 2.75) is 50.6 Å². The predicted molar refractivity (Wildman–Crippen MR) is 110 cm³/mol. The summed E-state index contributed by atoms with van der Waals surface area (Å²) in [4.78, 5) is 12.6. The fourth-order valence-corrected chi connectivity index (χ4v) is 3.88. The second-order valence-electron chi connectivity index (χ2n) is 6.84. The zero-order valence-electron chi connectivity index (χ0n) is 16.7. The van der Waals surface area contributed by atoms with Crippen molar-refractivity contribution < 1.29 is 17.9 Å². The Bertz CT molecular complexity index is 878. The van der Waals surface area contributed by atoms with Crippen LogP contribution in [0.4, 0.5) is 0 Å². The van der Waals surface area contributed by atoms with Gasteiger partial charge < -0.3 is 10.1 Å². The Labute approximate surface area is 167 Å². The molecule has 0 aliphatic carbocycles. The quantitative estimate of drug-likeness (QED) is 0.671. The molecule has 7 heteroatoms. The van der Waals surface area contributed by atoms with Crippen LogP contribution in [-0.4, -0.2) is 27.5 Å². The maximum atomic E-state index is 12.8. The lowest BCUT2D eigenvalue weighted by atomic mass is 10.0. The molecule has 0 aliphatic heterocycles. The lowest BCUT2D eigenvalue weighted by Crippen LogP contribution is -2.37. The van der Waals surface area contributed by atoms with Gasteiger partial charge in [0.2, 0.25) is 15.9 Å². The lowest BCUT2D eigenvalue weighted by molar-refractivity contribution is -0.122. The van der Waals surface area contributed by atoms with Crippen LogP contribution in [0.1, 0.15) is 43.9 Å². The summed E-state index contributed by atoms with van der Waals surface area (Å²) in [5.74, 6) is 0.453. The molecule has 0 aliphatic rings. The van der Waals surface area contributed by atoms with Crippen LogP contribution in [0.25, 0.3) is 0 Å². The van der Waals surface area contributed by atoms with Crippen molar-refractivity contribution in [1.82, 2.24) is 10.0 Å². The molecule has 0 unspecified atom stereocenters. The van der Waals surface area contributed by atoms with E-state index in [9.17, 15) is 13.2 Å². The first-order valence-corrected chi connectivity index (χ1v) is 10.8. The van der Waals surface area contributed by atoms with Crippen LogP contribution >= 0.6 is 0 Å². The van der Waals surface area contributed by atoms with E-state index >= 15 is 0 Å². The number of sulfonamides is 1. The van der Waals surface area contributed by atoms with Crippen LogP contribution in [0.3, 0.4) is 0 Å². The highest BCUT2D eigenvalue weighted by Gasteiger charge is 2.24. The lowest BCUT2D eigenvalue weighted by Gasteiger charge is -2.21. The molecule has 28 heavy (non-hydrogen) atoms. The van der Waals surface area contributed by atoms with Crippen LogP contribution in [0.15, 0.2) is 53.4 Å². The van der Waals surface area contributed by atoms with Gasteiger partial charge in [-0.3, -0.25) is 4.79 Å². The monoisotopic (exact) mass is 404 g/mol. The Morgan fingerprint density at radius 2 is 1.68 bits per heavy atom. The van der Waals surface area contributed by atoms with Gasteiger partial charge in [-0.15, -0.1) is 0 Å². The maximum absolute atomic E-state index is 12.8. The molecular weight excluding hydrogens is 376 g/mol. The molecule has 2 rings (SSSR count). The number of ether oxygens (including phenoxy) is 1. The average molecular weight is 405 g/mol. The van der Waals surface area contributed by atoms with Crippen molar-refractivity contribution in [2.75, 3.05) is 7.11 Å². The van der Waals surface area contributed by atoms with Gasteiger partial charge in [-0.25, -0.2) is 13.1 Å². The van der Waals surface area contributed by atoms with Gasteiger partial charge >= 0.3 is 0 Å². The molecule has 0 saturated carbocycles. The molecule has 152 valence electrons. The number of carbonyl (C=O) groups is 1.